The highest BCUT2D eigenvalue weighted by Gasteiger charge is 2.25. The number of morpholine rings is 1. The van der Waals surface area contributed by atoms with E-state index in [4.69, 9.17) is 9.47 Å². The van der Waals surface area contributed by atoms with Crippen LogP contribution in [0.4, 0.5) is 4.79 Å². The molecule has 0 spiro atoms. The van der Waals surface area contributed by atoms with Crippen LogP contribution < -0.4 is 5.32 Å². The molecule has 1 saturated heterocycles. The van der Waals surface area contributed by atoms with Gasteiger partial charge in [-0.3, -0.25) is 0 Å². The molecule has 1 fully saturated rings. The monoisotopic (exact) mass is 512 g/mol. The van der Waals surface area contributed by atoms with E-state index in [9.17, 15) is 9.90 Å². The molecule has 8 heteroatoms. The lowest BCUT2D eigenvalue weighted by Crippen LogP contribution is -2.49. The number of hydrogen-bond donors (Lipinski definition) is 2. The molecule has 0 aromatic heterocycles. The van der Waals surface area contributed by atoms with Crippen LogP contribution in [0.2, 0.25) is 0 Å². The average molecular weight is 514 g/mol. The summed E-state index contributed by atoms with van der Waals surface area (Å²) in [6, 6.07) is 13.4. The second-order valence-electron chi connectivity index (χ2n) is 6.52. The van der Waals surface area contributed by atoms with E-state index in [0.29, 0.717) is 41.7 Å². The van der Waals surface area contributed by atoms with Gasteiger partial charge in [0.1, 0.15) is 12.4 Å². The number of hydrogen-bond acceptors (Lipinski definition) is 5. The van der Waals surface area contributed by atoms with Crippen LogP contribution in [-0.4, -0.2) is 48.4 Å². The summed E-state index contributed by atoms with van der Waals surface area (Å²) in [6.45, 7) is 3.01. The van der Waals surface area contributed by atoms with E-state index >= 15 is 0 Å². The molecule has 28 heavy (non-hydrogen) atoms. The van der Waals surface area contributed by atoms with E-state index in [1.807, 2.05) is 42.5 Å². The highest BCUT2D eigenvalue weighted by molar-refractivity contribution is 9.11. The summed E-state index contributed by atoms with van der Waals surface area (Å²) in [5.74, 6) is 0.184. The number of carbonyl (C=O) groups excluding carboxylic acids is 1. The van der Waals surface area contributed by atoms with Gasteiger partial charge in [0, 0.05) is 19.6 Å². The van der Waals surface area contributed by atoms with E-state index in [1.54, 1.807) is 4.90 Å². The molecule has 0 radical (unpaired) electrons. The van der Waals surface area contributed by atoms with E-state index in [1.165, 1.54) is 0 Å². The Hall–Kier alpha value is -1.61. The molecule has 0 aliphatic carbocycles. The Morgan fingerprint density at radius 2 is 1.93 bits per heavy atom. The van der Waals surface area contributed by atoms with Gasteiger partial charge in [-0.25, -0.2) is 4.79 Å². The molecule has 6 nitrogen and oxygen atoms in total. The lowest BCUT2D eigenvalue weighted by Gasteiger charge is -2.32. The van der Waals surface area contributed by atoms with Crippen molar-refractivity contribution >= 4 is 38.0 Å². The fraction of sp³-hybridized carbons (Fsp3) is 0.350. The Bertz CT molecular complexity index is 781. The predicted octanol–water partition coefficient (Wildman–Crippen LogP) is 4.04. The van der Waals surface area contributed by atoms with Crippen molar-refractivity contribution in [2.75, 3.05) is 26.2 Å². The standard InChI is InChI=1S/C20H22Br2N2O4/c21-17-8-15(9-18(22)19(17)25)10-23-11-16-12-24(6-7-27-16)20(26)28-13-14-4-2-1-3-5-14/h1-5,8-9,16,23,25H,6-7,10-13H2. The van der Waals surface area contributed by atoms with E-state index in [0.717, 1.165) is 11.1 Å². The second-order valence-corrected chi connectivity index (χ2v) is 8.23. The van der Waals surface area contributed by atoms with Crippen LogP contribution in [0.1, 0.15) is 11.1 Å². The molecule has 1 unspecified atom stereocenters. The Kier molecular flexibility index (Phi) is 7.73. The summed E-state index contributed by atoms with van der Waals surface area (Å²) in [6.07, 6.45) is -0.412. The number of nitrogens with one attached hydrogen (secondary N) is 1. The summed E-state index contributed by atoms with van der Waals surface area (Å²) in [5.41, 5.74) is 1.99. The molecule has 1 atom stereocenters. The number of carbonyl (C=O) groups is 1. The van der Waals surface area contributed by atoms with Crippen LogP contribution >= 0.6 is 31.9 Å². The van der Waals surface area contributed by atoms with Crippen molar-refractivity contribution in [2.24, 2.45) is 0 Å². The first-order valence-corrected chi connectivity index (χ1v) is 10.6. The van der Waals surface area contributed by atoms with Gasteiger partial charge in [0.25, 0.3) is 0 Å². The number of amides is 1. The third kappa shape index (κ3) is 5.94. The van der Waals surface area contributed by atoms with Crippen LogP contribution in [-0.2, 0) is 22.6 Å². The van der Waals surface area contributed by atoms with E-state index in [-0.39, 0.29) is 24.6 Å². The summed E-state index contributed by atoms with van der Waals surface area (Å²) < 4.78 is 12.4. The maximum absolute atomic E-state index is 12.3. The van der Waals surface area contributed by atoms with Gasteiger partial charge in [0.2, 0.25) is 0 Å². The van der Waals surface area contributed by atoms with Gasteiger partial charge in [-0.15, -0.1) is 0 Å². The van der Waals surface area contributed by atoms with Gasteiger partial charge in [0.15, 0.2) is 0 Å². The second kappa shape index (κ2) is 10.2. The Morgan fingerprint density at radius 3 is 2.64 bits per heavy atom. The predicted molar refractivity (Wildman–Crippen MR) is 113 cm³/mol. The molecular weight excluding hydrogens is 492 g/mol. The smallest absolute Gasteiger partial charge is 0.410 e. The average Bonchev–Trinajstić information content (AvgIpc) is 2.71. The minimum atomic E-state index is -0.316. The lowest BCUT2D eigenvalue weighted by atomic mass is 10.2. The number of benzene rings is 2. The number of aromatic hydroxyl groups is 1. The molecule has 150 valence electrons. The Labute approximate surface area is 181 Å². The number of phenols is 1. The summed E-state index contributed by atoms with van der Waals surface area (Å²) >= 11 is 6.66. The maximum atomic E-state index is 12.3. The number of nitrogens with zero attached hydrogens (tertiary/aromatic N) is 1. The van der Waals surface area contributed by atoms with Crippen molar-refractivity contribution in [1.29, 1.82) is 0 Å². The molecule has 2 aromatic rings. The maximum Gasteiger partial charge on any atom is 0.410 e. The zero-order chi connectivity index (χ0) is 19.9. The van der Waals surface area contributed by atoms with Crippen LogP contribution in [0.25, 0.3) is 0 Å². The van der Waals surface area contributed by atoms with Gasteiger partial charge in [-0.05, 0) is 55.1 Å². The first-order chi connectivity index (χ1) is 13.5. The zero-order valence-electron chi connectivity index (χ0n) is 15.2. The number of phenolic OH excluding ortho intramolecular Hbond substituents is 1. The number of ether oxygens (including phenoxy) is 2. The van der Waals surface area contributed by atoms with Gasteiger partial charge in [-0.1, -0.05) is 30.3 Å². The van der Waals surface area contributed by atoms with Crippen LogP contribution in [0.3, 0.4) is 0 Å². The fourth-order valence-electron chi connectivity index (χ4n) is 2.92. The number of rotatable bonds is 6. The van der Waals surface area contributed by atoms with Gasteiger partial charge < -0.3 is 24.8 Å². The normalized spacial score (nSPS) is 16.8. The molecule has 2 aromatic carbocycles. The van der Waals surface area contributed by atoms with E-state index in [2.05, 4.69) is 37.2 Å². The van der Waals surface area contributed by atoms with Crippen molar-refractivity contribution in [3.05, 3.63) is 62.5 Å². The lowest BCUT2D eigenvalue weighted by molar-refractivity contribution is -0.0271. The zero-order valence-corrected chi connectivity index (χ0v) is 18.4. The third-order valence-corrected chi connectivity index (χ3v) is 5.59. The van der Waals surface area contributed by atoms with Crippen LogP contribution in [0.15, 0.2) is 51.4 Å². The largest absolute Gasteiger partial charge is 0.506 e. The van der Waals surface area contributed by atoms with E-state index < -0.39 is 0 Å². The van der Waals surface area contributed by atoms with Crippen LogP contribution in [0, 0.1) is 0 Å². The first kappa shape index (κ1) is 21.1. The van der Waals surface area contributed by atoms with Crippen molar-refractivity contribution in [1.82, 2.24) is 10.2 Å². The van der Waals surface area contributed by atoms with Gasteiger partial charge >= 0.3 is 6.09 Å². The van der Waals surface area contributed by atoms with Gasteiger partial charge in [0.05, 0.1) is 28.2 Å². The molecule has 1 amide bonds. The fourth-order valence-corrected chi connectivity index (χ4v) is 4.20. The summed E-state index contributed by atoms with van der Waals surface area (Å²) in [5, 5.41) is 13.1. The SMILES string of the molecule is O=C(OCc1ccccc1)N1CCOC(CNCc2cc(Br)c(O)c(Br)c2)C1. The third-order valence-electron chi connectivity index (χ3n) is 4.38. The Balaban J connectivity index is 1.43. The Morgan fingerprint density at radius 1 is 1.21 bits per heavy atom. The minimum Gasteiger partial charge on any atom is -0.506 e. The summed E-state index contributed by atoms with van der Waals surface area (Å²) in [7, 11) is 0. The van der Waals surface area contributed by atoms with Crippen molar-refractivity contribution in [2.45, 2.75) is 19.3 Å². The highest BCUT2D eigenvalue weighted by Crippen LogP contribution is 2.33. The van der Waals surface area contributed by atoms with Crippen molar-refractivity contribution in [3.63, 3.8) is 0 Å². The van der Waals surface area contributed by atoms with Crippen molar-refractivity contribution < 1.29 is 19.4 Å². The molecule has 1 heterocycles. The molecule has 0 saturated carbocycles. The first-order valence-electron chi connectivity index (χ1n) is 8.98. The molecule has 1 aliphatic rings. The molecule has 2 N–H and O–H groups in total. The van der Waals surface area contributed by atoms with Crippen molar-refractivity contribution in [3.8, 4) is 5.75 Å². The molecule has 1 aliphatic heterocycles. The highest BCUT2D eigenvalue weighted by atomic mass is 79.9. The topological polar surface area (TPSA) is 71.0 Å². The number of halogens is 2. The molecule has 0 bridgehead atoms. The minimum absolute atomic E-state index is 0.0954. The molecular formula is C20H22Br2N2O4. The molecule has 3 rings (SSSR count). The quantitative estimate of drug-likeness (QED) is 0.609. The van der Waals surface area contributed by atoms with Crippen LogP contribution in [0.5, 0.6) is 5.75 Å². The summed E-state index contributed by atoms with van der Waals surface area (Å²) in [4.78, 5) is 14.0. The van der Waals surface area contributed by atoms with Gasteiger partial charge in [-0.2, -0.15) is 0 Å².